The van der Waals surface area contributed by atoms with E-state index in [1.807, 2.05) is 20.8 Å². The van der Waals surface area contributed by atoms with Crippen LogP contribution >= 0.6 is 11.6 Å². The normalized spacial score (nSPS) is 10.7. The summed E-state index contributed by atoms with van der Waals surface area (Å²) < 4.78 is 5.31. The lowest BCUT2D eigenvalue weighted by Crippen LogP contribution is -2.27. The number of carbonyl (C=O) groups excluding carboxylic acids is 1. The van der Waals surface area contributed by atoms with Gasteiger partial charge in [0.15, 0.2) is 0 Å². The third kappa shape index (κ3) is 5.72. The molecule has 110 valence electrons. The summed E-state index contributed by atoms with van der Waals surface area (Å²) in [5.74, 6) is 0.0503. The van der Waals surface area contributed by atoms with E-state index in [1.54, 1.807) is 12.1 Å². The molecule has 0 saturated carbocycles. The van der Waals surface area contributed by atoms with Crippen molar-refractivity contribution in [3.05, 3.63) is 40.7 Å². The molecule has 0 saturated heterocycles. The zero-order valence-corrected chi connectivity index (χ0v) is 13.0. The van der Waals surface area contributed by atoms with Crippen LogP contribution < -0.4 is 5.32 Å². The van der Waals surface area contributed by atoms with Gasteiger partial charge in [0.2, 0.25) is 0 Å². The first-order chi connectivity index (χ1) is 9.40. The number of rotatable bonds is 7. The molecule has 0 spiro atoms. The molecule has 0 aliphatic rings. The smallest absolute Gasteiger partial charge is 0.251 e. The second kappa shape index (κ2) is 8.02. The lowest BCUT2D eigenvalue weighted by atomic mass is 10.1. The number of hydrogen-bond donors (Lipinski definition) is 1. The summed E-state index contributed by atoms with van der Waals surface area (Å²) in [7, 11) is 0. The van der Waals surface area contributed by atoms with Crippen molar-refractivity contribution in [2.45, 2.75) is 26.7 Å². The van der Waals surface area contributed by atoms with E-state index < -0.39 is 0 Å². The van der Waals surface area contributed by atoms with Crippen LogP contribution in [0.15, 0.2) is 24.3 Å². The fourth-order valence-corrected chi connectivity index (χ4v) is 1.74. The van der Waals surface area contributed by atoms with Crippen molar-refractivity contribution in [3.8, 4) is 0 Å². The van der Waals surface area contributed by atoms with E-state index in [2.05, 4.69) is 16.9 Å². The fraction of sp³-hybridized carbons (Fsp3) is 0.467. The lowest BCUT2D eigenvalue weighted by Gasteiger charge is -2.09. The first-order valence-electron chi connectivity index (χ1n) is 6.58. The van der Waals surface area contributed by atoms with Gasteiger partial charge in [0.25, 0.3) is 5.91 Å². The Hall–Kier alpha value is -1.39. The number of carbonyl (C=O) groups is 1. The first kappa shape index (κ1) is 16.7. The molecule has 5 heteroatoms. The molecule has 1 rings (SSSR count). The Balaban J connectivity index is 2.53. The largest absolute Gasteiger partial charge is 0.375 e. The monoisotopic (exact) mass is 296 g/mol. The molecule has 0 aliphatic carbocycles. The SMILES string of the molecule is C=C(C)COCCNC(=O)c1cc(Cl)nc(C(C)C)c1. The molecule has 1 amide bonds. The van der Waals surface area contributed by atoms with Gasteiger partial charge in [0, 0.05) is 17.8 Å². The Kier molecular flexibility index (Phi) is 6.68. The average molecular weight is 297 g/mol. The van der Waals surface area contributed by atoms with Crippen molar-refractivity contribution < 1.29 is 9.53 Å². The minimum atomic E-state index is -0.171. The maximum atomic E-state index is 12.0. The van der Waals surface area contributed by atoms with Crippen LogP contribution in [0.3, 0.4) is 0 Å². The van der Waals surface area contributed by atoms with E-state index >= 15 is 0 Å². The quantitative estimate of drug-likeness (QED) is 0.478. The number of aromatic nitrogens is 1. The Bertz CT molecular complexity index is 487. The Morgan fingerprint density at radius 3 is 2.80 bits per heavy atom. The van der Waals surface area contributed by atoms with E-state index in [4.69, 9.17) is 16.3 Å². The fourth-order valence-electron chi connectivity index (χ4n) is 1.53. The maximum absolute atomic E-state index is 12.0. The zero-order valence-electron chi connectivity index (χ0n) is 12.2. The number of pyridine rings is 1. The van der Waals surface area contributed by atoms with Crippen molar-refractivity contribution in [2.24, 2.45) is 0 Å². The van der Waals surface area contributed by atoms with Gasteiger partial charge >= 0.3 is 0 Å². The van der Waals surface area contributed by atoms with Crippen LogP contribution in [0.25, 0.3) is 0 Å². The van der Waals surface area contributed by atoms with Crippen LogP contribution in [0.2, 0.25) is 5.15 Å². The molecule has 0 aliphatic heterocycles. The Morgan fingerprint density at radius 2 is 2.20 bits per heavy atom. The van der Waals surface area contributed by atoms with Gasteiger partial charge in [-0.1, -0.05) is 37.6 Å². The third-order valence-electron chi connectivity index (χ3n) is 2.55. The maximum Gasteiger partial charge on any atom is 0.251 e. The van der Waals surface area contributed by atoms with Crippen molar-refractivity contribution in [1.29, 1.82) is 0 Å². The van der Waals surface area contributed by atoms with Crippen LogP contribution in [0.5, 0.6) is 0 Å². The van der Waals surface area contributed by atoms with Crippen LogP contribution in [-0.4, -0.2) is 30.6 Å². The van der Waals surface area contributed by atoms with Crippen LogP contribution in [0.4, 0.5) is 0 Å². The topological polar surface area (TPSA) is 51.2 Å². The van der Waals surface area contributed by atoms with Crippen molar-refractivity contribution in [1.82, 2.24) is 10.3 Å². The molecule has 1 aromatic rings. The summed E-state index contributed by atoms with van der Waals surface area (Å²) >= 11 is 5.93. The molecule has 1 heterocycles. The summed E-state index contributed by atoms with van der Waals surface area (Å²) in [6.07, 6.45) is 0. The molecular weight excluding hydrogens is 276 g/mol. The molecule has 0 aromatic carbocycles. The summed E-state index contributed by atoms with van der Waals surface area (Å²) in [5, 5.41) is 3.12. The van der Waals surface area contributed by atoms with Gasteiger partial charge in [0.05, 0.1) is 13.2 Å². The van der Waals surface area contributed by atoms with Gasteiger partial charge in [-0.3, -0.25) is 4.79 Å². The van der Waals surface area contributed by atoms with Crippen molar-refractivity contribution in [2.75, 3.05) is 19.8 Å². The number of nitrogens with one attached hydrogen (secondary N) is 1. The van der Waals surface area contributed by atoms with Crippen molar-refractivity contribution in [3.63, 3.8) is 0 Å². The zero-order chi connectivity index (χ0) is 15.1. The van der Waals surface area contributed by atoms with E-state index in [-0.39, 0.29) is 11.8 Å². The highest BCUT2D eigenvalue weighted by molar-refractivity contribution is 6.29. The van der Waals surface area contributed by atoms with Gasteiger partial charge in [-0.2, -0.15) is 0 Å². The number of halogens is 1. The number of nitrogens with zero attached hydrogens (tertiary/aromatic N) is 1. The van der Waals surface area contributed by atoms with Gasteiger partial charge in [-0.25, -0.2) is 4.98 Å². The van der Waals surface area contributed by atoms with E-state index in [1.165, 1.54) is 0 Å². The minimum absolute atomic E-state index is 0.171. The predicted octanol–water partition coefficient (Wildman–Crippen LogP) is 3.18. The minimum Gasteiger partial charge on any atom is -0.375 e. The van der Waals surface area contributed by atoms with Gasteiger partial charge in [-0.15, -0.1) is 0 Å². The molecule has 0 bridgehead atoms. The van der Waals surface area contributed by atoms with Gasteiger partial charge in [0.1, 0.15) is 5.15 Å². The van der Waals surface area contributed by atoms with Crippen molar-refractivity contribution >= 4 is 17.5 Å². The molecule has 4 nitrogen and oxygen atoms in total. The summed E-state index contributed by atoms with van der Waals surface area (Å²) in [6.45, 7) is 11.1. The Labute approximate surface area is 125 Å². The van der Waals surface area contributed by atoms with Crippen LogP contribution in [-0.2, 0) is 4.74 Å². The lowest BCUT2D eigenvalue weighted by molar-refractivity contribution is 0.0926. The third-order valence-corrected chi connectivity index (χ3v) is 2.74. The summed E-state index contributed by atoms with van der Waals surface area (Å²) in [5.41, 5.74) is 2.29. The van der Waals surface area contributed by atoms with Crippen LogP contribution in [0.1, 0.15) is 42.7 Å². The molecule has 1 N–H and O–H groups in total. The highest BCUT2D eigenvalue weighted by Gasteiger charge is 2.10. The predicted molar refractivity (Wildman–Crippen MR) is 81.3 cm³/mol. The first-order valence-corrected chi connectivity index (χ1v) is 6.95. The van der Waals surface area contributed by atoms with E-state index in [9.17, 15) is 4.79 Å². The second-order valence-corrected chi connectivity index (χ2v) is 5.41. The average Bonchev–Trinajstić information content (AvgIpc) is 2.36. The molecule has 1 aromatic heterocycles. The van der Waals surface area contributed by atoms with Crippen LogP contribution in [0, 0.1) is 0 Å². The van der Waals surface area contributed by atoms with E-state index in [0.29, 0.717) is 30.5 Å². The molecular formula is C15H21ClN2O2. The van der Waals surface area contributed by atoms with Gasteiger partial charge < -0.3 is 10.1 Å². The highest BCUT2D eigenvalue weighted by atomic mass is 35.5. The molecule has 0 atom stereocenters. The summed E-state index contributed by atoms with van der Waals surface area (Å²) in [4.78, 5) is 16.2. The highest BCUT2D eigenvalue weighted by Crippen LogP contribution is 2.17. The molecule has 0 fully saturated rings. The van der Waals surface area contributed by atoms with Gasteiger partial charge in [-0.05, 0) is 25.0 Å². The van der Waals surface area contributed by atoms with E-state index in [0.717, 1.165) is 11.3 Å². The second-order valence-electron chi connectivity index (χ2n) is 5.02. The molecule has 0 unspecified atom stereocenters. The molecule has 20 heavy (non-hydrogen) atoms. The Morgan fingerprint density at radius 1 is 1.50 bits per heavy atom. The number of ether oxygens (including phenoxy) is 1. The number of amides is 1. The standard InChI is InChI=1S/C15H21ClN2O2/c1-10(2)9-20-6-5-17-15(19)12-7-13(11(3)4)18-14(16)8-12/h7-8,11H,1,5-6,9H2,2-4H3,(H,17,19). The summed E-state index contributed by atoms with van der Waals surface area (Å²) in [6, 6.07) is 3.33. The number of hydrogen-bond acceptors (Lipinski definition) is 3. The molecule has 0 radical (unpaired) electrons.